The van der Waals surface area contributed by atoms with Gasteiger partial charge in [-0.2, -0.15) is 0 Å². The first-order valence-electron chi connectivity index (χ1n) is 9.75. The largest absolute Gasteiger partial charge is 0.370 e. The number of aryl methyl sites for hydroxylation is 1. The molecule has 0 unspecified atom stereocenters. The van der Waals surface area contributed by atoms with E-state index < -0.39 is 18.2 Å². The Bertz CT molecular complexity index is 1110. The molecule has 8 nitrogen and oxygen atoms in total. The quantitative estimate of drug-likeness (QED) is 0.354. The van der Waals surface area contributed by atoms with Crippen molar-refractivity contribution < 1.29 is 9.47 Å². The van der Waals surface area contributed by atoms with Crippen LogP contribution in [0.5, 0.6) is 0 Å². The van der Waals surface area contributed by atoms with Gasteiger partial charge in [0.25, 0.3) is 0 Å². The second kappa shape index (κ2) is 8.59. The van der Waals surface area contributed by atoms with Gasteiger partial charge >= 0.3 is 5.69 Å². The fourth-order valence-electron chi connectivity index (χ4n) is 3.68. The Morgan fingerprint density at radius 2 is 1.93 bits per heavy atom. The molecule has 1 aromatic heterocycles. The maximum absolute atomic E-state index is 12.9. The highest BCUT2D eigenvalue weighted by Gasteiger charge is 2.40. The first-order chi connectivity index (χ1) is 14.6. The normalized spacial score (nSPS) is 20.8. The number of imidazole rings is 1. The Balaban J connectivity index is 1.65. The third kappa shape index (κ3) is 3.89. The molecule has 1 aliphatic heterocycles. The van der Waals surface area contributed by atoms with Crippen LogP contribution < -0.4 is 5.69 Å². The molecule has 8 heteroatoms. The van der Waals surface area contributed by atoms with E-state index in [0.717, 1.165) is 16.8 Å². The summed E-state index contributed by atoms with van der Waals surface area (Å²) in [5.41, 5.74) is 12.4. The Morgan fingerprint density at radius 1 is 1.20 bits per heavy atom. The molecule has 0 aliphatic carbocycles. The van der Waals surface area contributed by atoms with E-state index in [1.165, 1.54) is 0 Å². The van der Waals surface area contributed by atoms with Crippen LogP contribution in [0.3, 0.4) is 0 Å². The minimum atomic E-state index is -0.520. The Labute approximate surface area is 173 Å². The molecule has 0 saturated carbocycles. The van der Waals surface area contributed by atoms with Crippen molar-refractivity contribution in [3.8, 4) is 5.69 Å². The third-order valence-electron chi connectivity index (χ3n) is 5.35. The Kier molecular flexibility index (Phi) is 5.72. The second-order valence-electron chi connectivity index (χ2n) is 7.39. The van der Waals surface area contributed by atoms with Crippen LogP contribution in [0.25, 0.3) is 16.1 Å². The molecule has 0 N–H and O–H groups in total. The van der Waals surface area contributed by atoms with Gasteiger partial charge in [-0.1, -0.05) is 53.1 Å². The van der Waals surface area contributed by atoms with Crippen molar-refractivity contribution in [3.05, 3.63) is 98.5 Å². The molecule has 0 amide bonds. The van der Waals surface area contributed by atoms with Gasteiger partial charge < -0.3 is 9.47 Å². The van der Waals surface area contributed by atoms with Gasteiger partial charge in [0.2, 0.25) is 0 Å². The lowest BCUT2D eigenvalue weighted by atomic mass is 10.1. The molecule has 30 heavy (non-hydrogen) atoms. The van der Waals surface area contributed by atoms with E-state index in [1.54, 1.807) is 22.4 Å². The fourth-order valence-corrected chi connectivity index (χ4v) is 3.68. The molecule has 1 aliphatic rings. The molecular formula is C22H23N5O3. The number of benzene rings is 2. The maximum Gasteiger partial charge on any atom is 0.332 e. The summed E-state index contributed by atoms with van der Waals surface area (Å²) in [6, 6.07) is 17.0. The van der Waals surface area contributed by atoms with E-state index in [1.807, 2.05) is 61.5 Å². The summed E-state index contributed by atoms with van der Waals surface area (Å²) in [5.74, 6) is 0. The zero-order valence-electron chi connectivity index (χ0n) is 16.9. The molecule has 0 spiro atoms. The first kappa shape index (κ1) is 20.0. The topological polar surface area (TPSA) is 94.2 Å². The molecule has 0 bridgehead atoms. The Hall–Kier alpha value is -3.32. The number of hydrogen-bond acceptors (Lipinski definition) is 4. The lowest BCUT2D eigenvalue weighted by Crippen LogP contribution is -2.29. The van der Waals surface area contributed by atoms with Crippen LogP contribution in [0.15, 0.2) is 70.7 Å². The molecule has 4 rings (SSSR count). The van der Waals surface area contributed by atoms with Crippen LogP contribution >= 0.6 is 0 Å². The first-order valence-corrected chi connectivity index (χ1v) is 9.75. The van der Waals surface area contributed by atoms with E-state index in [9.17, 15) is 4.79 Å². The number of hydrogen-bond donors (Lipinski definition) is 0. The zero-order valence-corrected chi connectivity index (χ0v) is 16.9. The highest BCUT2D eigenvalue weighted by Crippen LogP contribution is 2.34. The SMILES string of the molecule is Cc1ccc(-n2cc([C@@H]3OC[C@H](N=[N+]=[N-])[C@H]3OCc3ccccc3)n(C)c2=O)cc1. The summed E-state index contributed by atoms with van der Waals surface area (Å²) in [6.07, 6.45) is 0.754. The maximum atomic E-state index is 12.9. The van der Waals surface area contributed by atoms with Crippen molar-refractivity contribution in [1.29, 1.82) is 0 Å². The van der Waals surface area contributed by atoms with Gasteiger partial charge in [0.1, 0.15) is 12.2 Å². The molecule has 2 aromatic carbocycles. The van der Waals surface area contributed by atoms with Gasteiger partial charge in [0.05, 0.1) is 30.6 Å². The zero-order chi connectivity index (χ0) is 21.1. The molecular weight excluding hydrogens is 382 g/mol. The van der Waals surface area contributed by atoms with Crippen molar-refractivity contribution >= 4 is 0 Å². The molecule has 2 heterocycles. The Morgan fingerprint density at radius 3 is 2.63 bits per heavy atom. The number of aromatic nitrogens is 2. The van der Waals surface area contributed by atoms with Crippen LogP contribution in [0.4, 0.5) is 0 Å². The number of ether oxygens (including phenoxy) is 2. The van der Waals surface area contributed by atoms with Gasteiger partial charge in [-0.15, -0.1) is 0 Å². The standard InChI is InChI=1S/C22H23N5O3/c1-15-8-10-17(11-9-15)27-12-19(26(2)22(27)28)21-20(18(14-30-21)24-25-23)29-13-16-6-4-3-5-7-16/h3-12,18,20-21H,13-14H2,1-2H3/t18-,20+,21-/m0/s1. The smallest absolute Gasteiger partial charge is 0.332 e. The summed E-state index contributed by atoms with van der Waals surface area (Å²) in [5, 5.41) is 3.86. The van der Waals surface area contributed by atoms with Crippen molar-refractivity contribution in [2.24, 2.45) is 12.2 Å². The van der Waals surface area contributed by atoms with Gasteiger partial charge in [0.15, 0.2) is 0 Å². The van der Waals surface area contributed by atoms with Crippen LogP contribution in [-0.2, 0) is 23.1 Å². The van der Waals surface area contributed by atoms with Crippen LogP contribution in [0.1, 0.15) is 22.9 Å². The number of nitrogens with zero attached hydrogens (tertiary/aromatic N) is 5. The molecule has 1 fully saturated rings. The van der Waals surface area contributed by atoms with Crippen LogP contribution in [0.2, 0.25) is 0 Å². The predicted molar refractivity (Wildman–Crippen MR) is 112 cm³/mol. The average molecular weight is 405 g/mol. The highest BCUT2D eigenvalue weighted by atomic mass is 16.6. The van der Waals surface area contributed by atoms with Crippen molar-refractivity contribution in [2.75, 3.05) is 6.61 Å². The lowest BCUT2D eigenvalue weighted by Gasteiger charge is -2.21. The summed E-state index contributed by atoms with van der Waals surface area (Å²) in [6.45, 7) is 2.59. The average Bonchev–Trinajstić information content (AvgIpc) is 3.29. The number of azide groups is 1. The van der Waals surface area contributed by atoms with Crippen molar-refractivity contribution in [3.63, 3.8) is 0 Å². The van der Waals surface area contributed by atoms with Gasteiger partial charge in [-0.3, -0.25) is 9.13 Å². The summed E-state index contributed by atoms with van der Waals surface area (Å²) >= 11 is 0. The van der Waals surface area contributed by atoms with Gasteiger partial charge in [0, 0.05) is 18.2 Å². The second-order valence-corrected chi connectivity index (χ2v) is 7.39. The summed E-state index contributed by atoms with van der Waals surface area (Å²) in [4.78, 5) is 15.8. The highest BCUT2D eigenvalue weighted by molar-refractivity contribution is 5.35. The molecule has 3 atom stereocenters. The van der Waals surface area contributed by atoms with E-state index >= 15 is 0 Å². The molecule has 3 aromatic rings. The summed E-state index contributed by atoms with van der Waals surface area (Å²) in [7, 11) is 1.71. The van der Waals surface area contributed by atoms with E-state index in [0.29, 0.717) is 12.3 Å². The molecule has 154 valence electrons. The monoisotopic (exact) mass is 405 g/mol. The van der Waals surface area contributed by atoms with E-state index in [2.05, 4.69) is 10.0 Å². The van der Waals surface area contributed by atoms with Gasteiger partial charge in [-0.25, -0.2) is 4.79 Å². The lowest BCUT2D eigenvalue weighted by molar-refractivity contribution is -0.0243. The van der Waals surface area contributed by atoms with Gasteiger partial charge in [-0.05, 0) is 30.2 Å². The van der Waals surface area contributed by atoms with E-state index in [-0.39, 0.29) is 12.3 Å². The summed E-state index contributed by atoms with van der Waals surface area (Å²) < 4.78 is 15.2. The fraction of sp³-hybridized carbons (Fsp3) is 0.318. The van der Waals surface area contributed by atoms with Crippen molar-refractivity contribution in [1.82, 2.24) is 9.13 Å². The number of rotatable bonds is 6. The minimum absolute atomic E-state index is 0.175. The van der Waals surface area contributed by atoms with Crippen molar-refractivity contribution in [2.45, 2.75) is 31.8 Å². The minimum Gasteiger partial charge on any atom is -0.370 e. The van der Waals surface area contributed by atoms with Crippen LogP contribution in [-0.4, -0.2) is 27.9 Å². The van der Waals surface area contributed by atoms with Crippen LogP contribution in [0, 0.1) is 6.92 Å². The predicted octanol–water partition coefficient (Wildman–Crippen LogP) is 3.82. The molecule has 0 radical (unpaired) electrons. The molecule has 1 saturated heterocycles. The van der Waals surface area contributed by atoms with E-state index in [4.69, 9.17) is 15.0 Å². The third-order valence-corrected chi connectivity index (χ3v) is 5.35.